The van der Waals surface area contributed by atoms with E-state index in [4.69, 9.17) is 5.73 Å². The van der Waals surface area contributed by atoms with Crippen LogP contribution in [0.1, 0.15) is 103 Å². The van der Waals surface area contributed by atoms with E-state index in [1.165, 1.54) is 77.0 Å². The molecule has 0 saturated carbocycles. The molecule has 0 aromatic heterocycles. The van der Waals surface area contributed by atoms with E-state index < -0.39 is 0 Å². The minimum atomic E-state index is 0. The molecular weight excluding hydrogens is 370 g/mol. The number of nitrogens with one attached hydrogen (secondary N) is 1. The summed E-state index contributed by atoms with van der Waals surface area (Å²) >= 11 is 0. The molecule has 0 aromatic rings. The second kappa shape index (κ2) is 20.0. The molecule has 0 spiro atoms. The van der Waals surface area contributed by atoms with Crippen molar-refractivity contribution in [3.8, 4) is 0 Å². The molecule has 0 bridgehead atoms. The molecule has 4 nitrogen and oxygen atoms in total. The number of hydrogen-bond acceptors (Lipinski definition) is 3. The Morgan fingerprint density at radius 3 is 1.79 bits per heavy atom. The predicted octanol–water partition coefficient (Wildman–Crippen LogP) is 5.29. The van der Waals surface area contributed by atoms with E-state index in [0.717, 1.165) is 52.0 Å². The average Bonchev–Trinajstić information content (AvgIpc) is 2.69. The molecule has 0 unspecified atom stereocenters. The zero-order valence-corrected chi connectivity index (χ0v) is 19.4. The molecule has 1 fully saturated rings. The normalized spacial score (nSPS) is 15.4. The molecule has 3 N–H and O–H groups in total. The fourth-order valence-electron chi connectivity index (χ4n) is 4.10. The predicted molar refractivity (Wildman–Crippen MR) is 124 cm³/mol. The number of piperidine rings is 1. The molecule has 0 atom stereocenters. The molecule has 0 aliphatic carbocycles. The van der Waals surface area contributed by atoms with Gasteiger partial charge in [-0.25, -0.2) is 0 Å². The molecule has 1 aliphatic rings. The molecule has 168 valence electrons. The summed E-state index contributed by atoms with van der Waals surface area (Å²) in [5.74, 6) is 0.502. The van der Waals surface area contributed by atoms with Gasteiger partial charge in [-0.3, -0.25) is 4.79 Å². The van der Waals surface area contributed by atoms with Gasteiger partial charge in [0.05, 0.1) is 0 Å². The van der Waals surface area contributed by atoms with Crippen molar-refractivity contribution in [1.29, 1.82) is 0 Å². The summed E-state index contributed by atoms with van der Waals surface area (Å²) in [7, 11) is 0. The van der Waals surface area contributed by atoms with Crippen LogP contribution >= 0.6 is 12.4 Å². The van der Waals surface area contributed by atoms with Crippen molar-refractivity contribution in [2.45, 2.75) is 103 Å². The van der Waals surface area contributed by atoms with Gasteiger partial charge in [-0.2, -0.15) is 0 Å². The van der Waals surface area contributed by atoms with Crippen LogP contribution in [0.3, 0.4) is 0 Å². The van der Waals surface area contributed by atoms with Crippen LogP contribution in [0.25, 0.3) is 0 Å². The Labute approximate surface area is 181 Å². The number of halogens is 1. The van der Waals surface area contributed by atoms with Crippen LogP contribution < -0.4 is 11.1 Å². The second-order valence-electron chi connectivity index (χ2n) is 8.44. The van der Waals surface area contributed by atoms with Crippen molar-refractivity contribution in [3.63, 3.8) is 0 Å². The van der Waals surface area contributed by atoms with Crippen LogP contribution in [0, 0.1) is 5.92 Å². The molecule has 0 radical (unpaired) electrons. The number of unbranched alkanes of at least 4 members (excludes halogenated alkanes) is 12. The molecule has 0 aromatic carbocycles. The second-order valence-corrected chi connectivity index (χ2v) is 8.44. The number of likely N-dealkylation sites (tertiary alicyclic amines) is 1. The fourth-order valence-corrected chi connectivity index (χ4v) is 4.10. The van der Waals surface area contributed by atoms with E-state index in [2.05, 4.69) is 17.1 Å². The van der Waals surface area contributed by atoms with E-state index >= 15 is 0 Å². The number of amides is 1. The maximum Gasteiger partial charge on any atom is 0.223 e. The van der Waals surface area contributed by atoms with Gasteiger partial charge >= 0.3 is 0 Å². The molecule has 1 amide bonds. The summed E-state index contributed by atoms with van der Waals surface area (Å²) in [6.07, 6.45) is 19.8. The molecule has 1 aliphatic heterocycles. The fraction of sp³-hybridized carbons (Fsp3) is 0.957. The third-order valence-corrected chi connectivity index (χ3v) is 5.98. The molecule has 5 heteroatoms. The van der Waals surface area contributed by atoms with Crippen molar-refractivity contribution in [2.24, 2.45) is 11.7 Å². The van der Waals surface area contributed by atoms with Crippen molar-refractivity contribution in [2.75, 3.05) is 32.7 Å². The number of nitrogens with two attached hydrogens (primary N) is 1. The number of carbonyl (C=O) groups is 1. The number of nitrogens with zero attached hydrogens (tertiary/aromatic N) is 1. The van der Waals surface area contributed by atoms with Gasteiger partial charge < -0.3 is 16.0 Å². The van der Waals surface area contributed by atoms with Crippen molar-refractivity contribution in [1.82, 2.24) is 10.2 Å². The maximum absolute atomic E-state index is 12.2. The minimum Gasteiger partial charge on any atom is -0.356 e. The molecule has 28 heavy (non-hydrogen) atoms. The van der Waals surface area contributed by atoms with Crippen molar-refractivity contribution >= 4 is 18.3 Å². The topological polar surface area (TPSA) is 58.4 Å². The quantitative estimate of drug-likeness (QED) is 0.316. The van der Waals surface area contributed by atoms with Crippen molar-refractivity contribution in [3.05, 3.63) is 0 Å². The Morgan fingerprint density at radius 2 is 1.32 bits per heavy atom. The lowest BCUT2D eigenvalue weighted by atomic mass is 9.96. The summed E-state index contributed by atoms with van der Waals surface area (Å²) in [5, 5.41) is 3.16. The monoisotopic (exact) mass is 417 g/mol. The van der Waals surface area contributed by atoms with Crippen LogP contribution in [0.4, 0.5) is 0 Å². The van der Waals surface area contributed by atoms with Crippen LogP contribution in [-0.2, 0) is 4.79 Å². The average molecular weight is 418 g/mol. The Morgan fingerprint density at radius 1 is 0.857 bits per heavy atom. The van der Waals surface area contributed by atoms with Gasteiger partial charge in [0.2, 0.25) is 5.91 Å². The first-order valence-corrected chi connectivity index (χ1v) is 12.0. The zero-order valence-electron chi connectivity index (χ0n) is 18.6. The smallest absolute Gasteiger partial charge is 0.223 e. The summed E-state index contributed by atoms with van der Waals surface area (Å²) < 4.78 is 0. The first-order valence-electron chi connectivity index (χ1n) is 12.0. The summed E-state index contributed by atoms with van der Waals surface area (Å²) in [5.41, 5.74) is 5.60. The lowest BCUT2D eigenvalue weighted by molar-refractivity contribution is -0.126. The Balaban J connectivity index is 0.00000729. The van der Waals surface area contributed by atoms with E-state index in [1.807, 2.05) is 0 Å². The highest BCUT2D eigenvalue weighted by atomic mass is 35.5. The standard InChI is InChI=1S/C23H47N3O.ClH/c1-2-3-4-5-6-7-8-9-10-11-12-13-14-18-25-23(27)22-15-19-26(20-16-22)21-17-24;/h22H,2-21,24H2,1H3,(H,25,27);1H. The van der Waals surface area contributed by atoms with Crippen LogP contribution in [0.15, 0.2) is 0 Å². The summed E-state index contributed by atoms with van der Waals surface area (Å²) in [4.78, 5) is 14.6. The lowest BCUT2D eigenvalue weighted by Crippen LogP contribution is -2.42. The minimum absolute atomic E-state index is 0. The Kier molecular flexibility index (Phi) is 19.7. The summed E-state index contributed by atoms with van der Waals surface area (Å²) in [6.45, 7) is 6.87. The van der Waals surface area contributed by atoms with Gasteiger partial charge in [-0.15, -0.1) is 12.4 Å². The van der Waals surface area contributed by atoms with E-state index in [-0.39, 0.29) is 24.2 Å². The number of carbonyl (C=O) groups excluding carboxylic acids is 1. The van der Waals surface area contributed by atoms with Gasteiger partial charge in [0.1, 0.15) is 0 Å². The highest BCUT2D eigenvalue weighted by Gasteiger charge is 2.23. The Bertz CT molecular complexity index is 347. The third-order valence-electron chi connectivity index (χ3n) is 5.98. The first-order chi connectivity index (χ1) is 13.3. The van der Waals surface area contributed by atoms with Crippen molar-refractivity contribution < 1.29 is 4.79 Å². The lowest BCUT2D eigenvalue weighted by Gasteiger charge is -2.30. The highest BCUT2D eigenvalue weighted by molar-refractivity contribution is 5.85. The van der Waals surface area contributed by atoms with Gasteiger partial charge in [0, 0.05) is 25.6 Å². The van der Waals surface area contributed by atoms with Gasteiger partial charge in [0.15, 0.2) is 0 Å². The van der Waals surface area contributed by atoms with E-state index in [1.54, 1.807) is 0 Å². The molecular formula is C23H48ClN3O. The number of rotatable bonds is 17. The first kappa shape index (κ1) is 27.7. The maximum atomic E-state index is 12.2. The van der Waals surface area contributed by atoms with E-state index in [9.17, 15) is 4.79 Å². The Hall–Kier alpha value is -0.320. The van der Waals surface area contributed by atoms with E-state index in [0.29, 0.717) is 0 Å². The van der Waals surface area contributed by atoms with Crippen LogP contribution in [-0.4, -0.2) is 43.5 Å². The van der Waals surface area contributed by atoms with Crippen LogP contribution in [0.2, 0.25) is 0 Å². The largest absolute Gasteiger partial charge is 0.356 e. The third kappa shape index (κ3) is 14.6. The van der Waals surface area contributed by atoms with Crippen LogP contribution in [0.5, 0.6) is 0 Å². The molecule has 1 saturated heterocycles. The summed E-state index contributed by atoms with van der Waals surface area (Å²) in [6, 6.07) is 0. The van der Waals surface area contributed by atoms with Gasteiger partial charge in [-0.05, 0) is 32.4 Å². The highest BCUT2D eigenvalue weighted by Crippen LogP contribution is 2.17. The molecule has 1 rings (SSSR count). The van der Waals surface area contributed by atoms with Gasteiger partial charge in [-0.1, -0.05) is 84.0 Å². The SMILES string of the molecule is CCCCCCCCCCCCCCCNC(=O)C1CCN(CCN)CC1.Cl. The zero-order chi connectivity index (χ0) is 19.6. The molecule has 1 heterocycles. The van der Waals surface area contributed by atoms with Gasteiger partial charge in [0.25, 0.3) is 0 Å². The number of hydrogen-bond donors (Lipinski definition) is 2.